The normalized spacial score (nSPS) is 37.1. The molecule has 0 bridgehead atoms. The van der Waals surface area contributed by atoms with E-state index in [2.05, 4.69) is 67.2 Å². The Balaban J connectivity index is 2.95. The fourth-order valence-corrected chi connectivity index (χ4v) is 4.32. The van der Waals surface area contributed by atoms with Crippen molar-refractivity contribution in [3.8, 4) is 0 Å². The van der Waals surface area contributed by atoms with Crippen molar-refractivity contribution in [3.05, 3.63) is 0 Å². The molecule has 3 unspecified atom stereocenters. The second-order valence-electron chi connectivity index (χ2n) is 7.37. The van der Waals surface area contributed by atoms with Gasteiger partial charge in [0.05, 0.1) is 0 Å². The summed E-state index contributed by atoms with van der Waals surface area (Å²) in [5.41, 5.74) is 2.46. The van der Waals surface area contributed by atoms with Crippen LogP contribution in [0, 0.1) is 16.7 Å². The minimum absolute atomic E-state index is 0.433. The van der Waals surface area contributed by atoms with Crippen molar-refractivity contribution in [2.75, 3.05) is 7.05 Å². The van der Waals surface area contributed by atoms with Crippen LogP contribution in [0.1, 0.15) is 67.2 Å². The zero-order chi connectivity index (χ0) is 14.8. The van der Waals surface area contributed by atoms with E-state index in [1.54, 1.807) is 0 Å². The first-order chi connectivity index (χ1) is 8.74. The van der Waals surface area contributed by atoms with Crippen molar-refractivity contribution in [3.63, 3.8) is 0 Å². The molecular formula is C17H34BN. The Labute approximate surface area is 122 Å². The Kier molecular flexibility index (Phi) is 5.32. The quantitative estimate of drug-likeness (QED) is 0.662. The predicted octanol–water partition coefficient (Wildman–Crippen LogP) is 4.45. The van der Waals surface area contributed by atoms with E-state index in [1.807, 2.05) is 0 Å². The van der Waals surface area contributed by atoms with Crippen LogP contribution < -0.4 is 0 Å². The summed E-state index contributed by atoms with van der Waals surface area (Å²) in [6.45, 7) is 19.0. The fraction of sp³-hybridized carbons (Fsp3) is 0.941. The van der Waals surface area contributed by atoms with E-state index < -0.39 is 0 Å². The van der Waals surface area contributed by atoms with Crippen LogP contribution in [0.25, 0.3) is 0 Å². The molecule has 1 aliphatic carbocycles. The first-order valence-corrected chi connectivity index (χ1v) is 8.12. The summed E-state index contributed by atoms with van der Waals surface area (Å²) in [6, 6.07) is 0.613. The molecule has 0 heterocycles. The summed E-state index contributed by atoms with van der Waals surface area (Å²) in [5, 5.41) is 0. The van der Waals surface area contributed by atoms with Crippen molar-refractivity contribution in [1.82, 2.24) is 4.90 Å². The van der Waals surface area contributed by atoms with Crippen molar-refractivity contribution in [1.29, 1.82) is 0 Å². The Bertz CT molecular complexity index is 338. The monoisotopic (exact) mass is 263 g/mol. The third-order valence-corrected chi connectivity index (χ3v) is 6.27. The van der Waals surface area contributed by atoms with Gasteiger partial charge in [-0.05, 0) is 0 Å². The van der Waals surface area contributed by atoms with E-state index in [0.29, 0.717) is 16.9 Å². The van der Waals surface area contributed by atoms with Crippen molar-refractivity contribution < 1.29 is 0 Å². The van der Waals surface area contributed by atoms with Crippen LogP contribution in [0.3, 0.4) is 0 Å². The number of hydrogen-bond donors (Lipinski definition) is 0. The summed E-state index contributed by atoms with van der Waals surface area (Å²) in [7, 11) is 2.28. The summed E-state index contributed by atoms with van der Waals surface area (Å²) in [6.07, 6.45) is 5.19. The molecule has 110 valence electrons. The first-order valence-electron chi connectivity index (χ1n) is 8.12. The maximum atomic E-state index is 2.53. The van der Waals surface area contributed by atoms with Gasteiger partial charge in [0.1, 0.15) is 0 Å². The van der Waals surface area contributed by atoms with E-state index in [9.17, 15) is 0 Å². The van der Waals surface area contributed by atoms with E-state index in [0.717, 1.165) is 12.3 Å². The molecule has 1 aliphatic rings. The molecule has 2 heteroatoms. The summed E-state index contributed by atoms with van der Waals surface area (Å²) >= 11 is 0. The van der Waals surface area contributed by atoms with Crippen molar-refractivity contribution >= 4 is 12.5 Å². The summed E-state index contributed by atoms with van der Waals surface area (Å²) in [5.74, 6) is 0.810. The van der Waals surface area contributed by atoms with Gasteiger partial charge in [-0.15, -0.1) is 0 Å². The molecule has 0 radical (unpaired) electrons. The summed E-state index contributed by atoms with van der Waals surface area (Å²) < 4.78 is 0. The van der Waals surface area contributed by atoms with Crippen LogP contribution in [0.15, 0.2) is 0 Å². The van der Waals surface area contributed by atoms with Crippen LogP contribution in [-0.2, 0) is 0 Å². The number of rotatable bonds is 5. The van der Waals surface area contributed by atoms with Crippen molar-refractivity contribution in [2.24, 2.45) is 16.7 Å². The van der Waals surface area contributed by atoms with E-state index in [4.69, 9.17) is 0 Å². The zero-order valence-corrected chi connectivity index (χ0v) is 14.5. The Hall–Kier alpha value is -0.265. The van der Waals surface area contributed by atoms with Crippen LogP contribution >= 0.6 is 0 Å². The third kappa shape index (κ3) is 3.08. The van der Waals surface area contributed by atoms with Crippen LogP contribution in [0.4, 0.5) is 0 Å². The van der Waals surface area contributed by atoms with Gasteiger partial charge in [0.25, 0.3) is 0 Å². The molecule has 0 N–H and O–H groups in total. The first kappa shape index (κ1) is 16.8. The average molecular weight is 263 g/mol. The molecule has 1 saturated carbocycles. The average Bonchev–Trinajstić information content (AvgIpc) is 2.62. The summed E-state index contributed by atoms with van der Waals surface area (Å²) in [4.78, 5) is 2.53. The molecule has 0 aromatic carbocycles. The minimum atomic E-state index is 0.433. The molecule has 19 heavy (non-hydrogen) atoms. The standard InChI is InChI=1S/C17H34BN/c1-9-15(18-7)19(8)14(4)17(6)12-16(5,10-2)11-13(17)3/h13-14H,9-12H2,1-8H3/t13?,14-,16?,17?/m0/s1. The SMILES string of the molecule is CB=C(CC)N(C)[C@@H](C)C1(C)CC(C)(CC)CC1C. The van der Waals surface area contributed by atoms with Gasteiger partial charge in [-0.3, -0.25) is 0 Å². The van der Waals surface area contributed by atoms with Gasteiger partial charge in [-0.1, -0.05) is 0 Å². The van der Waals surface area contributed by atoms with Crippen LogP contribution in [0.5, 0.6) is 0 Å². The van der Waals surface area contributed by atoms with Gasteiger partial charge >= 0.3 is 121 Å². The van der Waals surface area contributed by atoms with E-state index in [1.165, 1.54) is 24.8 Å². The number of hydrogen-bond acceptors (Lipinski definition) is 1. The second kappa shape index (κ2) is 6.02. The van der Waals surface area contributed by atoms with Gasteiger partial charge in [0.15, 0.2) is 0 Å². The molecule has 1 fully saturated rings. The molecule has 0 aromatic heterocycles. The molecule has 0 aromatic rings. The van der Waals surface area contributed by atoms with Crippen LogP contribution in [0.2, 0.25) is 6.82 Å². The topological polar surface area (TPSA) is 3.24 Å². The van der Waals surface area contributed by atoms with Gasteiger partial charge in [0, 0.05) is 0 Å². The van der Waals surface area contributed by atoms with Gasteiger partial charge in [0.2, 0.25) is 0 Å². The van der Waals surface area contributed by atoms with Gasteiger partial charge < -0.3 is 0 Å². The van der Waals surface area contributed by atoms with E-state index in [-0.39, 0.29) is 0 Å². The zero-order valence-electron chi connectivity index (χ0n) is 14.5. The molecule has 0 aliphatic heterocycles. The molecule has 1 rings (SSSR count). The van der Waals surface area contributed by atoms with Crippen molar-refractivity contribution in [2.45, 2.75) is 80.1 Å². The van der Waals surface area contributed by atoms with E-state index >= 15 is 0 Å². The fourth-order valence-electron chi connectivity index (χ4n) is 4.32. The molecule has 0 saturated heterocycles. The second-order valence-corrected chi connectivity index (χ2v) is 7.37. The van der Waals surface area contributed by atoms with Gasteiger partial charge in [-0.2, -0.15) is 0 Å². The maximum absolute atomic E-state index is 2.53. The van der Waals surface area contributed by atoms with Crippen LogP contribution in [-0.4, -0.2) is 30.5 Å². The molecule has 0 amide bonds. The Morgan fingerprint density at radius 1 is 1.37 bits per heavy atom. The van der Waals surface area contributed by atoms with Gasteiger partial charge in [-0.25, -0.2) is 0 Å². The Morgan fingerprint density at radius 2 is 1.95 bits per heavy atom. The molecule has 1 nitrogen and oxygen atoms in total. The third-order valence-electron chi connectivity index (χ3n) is 6.27. The molecule has 4 atom stereocenters. The Morgan fingerprint density at radius 3 is 2.32 bits per heavy atom. The molecule has 0 spiro atoms. The number of nitrogens with zero attached hydrogens (tertiary/aromatic N) is 1. The molecular weight excluding hydrogens is 229 g/mol. The predicted molar refractivity (Wildman–Crippen MR) is 89.0 cm³/mol.